The van der Waals surface area contributed by atoms with Gasteiger partial charge in [-0.05, 0) is 51.0 Å². The third-order valence-corrected chi connectivity index (χ3v) is 5.89. The molecule has 1 aromatic heterocycles. The number of benzene rings is 1. The second kappa shape index (κ2) is 7.00. The lowest BCUT2D eigenvalue weighted by atomic mass is 9.99. The van der Waals surface area contributed by atoms with Crippen LogP contribution in [0.2, 0.25) is 0 Å². The molecule has 0 atom stereocenters. The van der Waals surface area contributed by atoms with Gasteiger partial charge in [-0.15, -0.1) is 0 Å². The number of rotatable bonds is 4. The SMILES string of the molecule is CC(C)N1CCN(c2ccc(-c3nc(C4(N)CCCC4)no3)cc2)CC1. The molecule has 2 aromatic rings. The van der Waals surface area contributed by atoms with Crippen molar-refractivity contribution in [1.82, 2.24) is 15.0 Å². The molecule has 0 bridgehead atoms. The first-order valence-electron chi connectivity index (χ1n) is 9.78. The van der Waals surface area contributed by atoms with E-state index in [2.05, 4.69) is 58.1 Å². The first kappa shape index (κ1) is 17.5. The van der Waals surface area contributed by atoms with Gasteiger partial charge >= 0.3 is 0 Å². The van der Waals surface area contributed by atoms with Gasteiger partial charge in [-0.3, -0.25) is 4.90 Å². The van der Waals surface area contributed by atoms with Crippen LogP contribution in [-0.4, -0.2) is 47.3 Å². The fraction of sp³-hybridized carbons (Fsp3) is 0.600. The average Bonchev–Trinajstić information content (AvgIpc) is 3.32. The highest BCUT2D eigenvalue weighted by molar-refractivity contribution is 5.59. The van der Waals surface area contributed by atoms with E-state index in [1.54, 1.807) is 0 Å². The van der Waals surface area contributed by atoms with Crippen LogP contribution in [0.5, 0.6) is 0 Å². The summed E-state index contributed by atoms with van der Waals surface area (Å²) in [5.74, 6) is 1.21. The van der Waals surface area contributed by atoms with Crippen LogP contribution in [0, 0.1) is 0 Å². The quantitative estimate of drug-likeness (QED) is 0.909. The first-order chi connectivity index (χ1) is 12.5. The Bertz CT molecular complexity index is 725. The van der Waals surface area contributed by atoms with Crippen LogP contribution in [0.4, 0.5) is 5.69 Å². The highest BCUT2D eigenvalue weighted by atomic mass is 16.5. The Morgan fingerprint density at radius 1 is 1.04 bits per heavy atom. The molecular formula is C20H29N5O. The summed E-state index contributed by atoms with van der Waals surface area (Å²) in [7, 11) is 0. The Kier molecular flexibility index (Phi) is 4.71. The van der Waals surface area contributed by atoms with Crippen molar-refractivity contribution in [3.63, 3.8) is 0 Å². The van der Waals surface area contributed by atoms with Crippen molar-refractivity contribution < 1.29 is 4.52 Å². The molecule has 1 saturated carbocycles. The van der Waals surface area contributed by atoms with Crippen LogP contribution in [0.15, 0.2) is 28.8 Å². The van der Waals surface area contributed by atoms with E-state index in [1.807, 2.05) is 0 Å². The standard InChI is InChI=1S/C20H29N5O/c1-15(2)24-11-13-25(14-12-24)17-7-5-16(6-8-17)18-22-19(23-26-18)20(21)9-3-4-10-20/h5-8,15H,3-4,9-14,21H2,1-2H3. The van der Waals surface area contributed by atoms with Crippen molar-refractivity contribution in [2.75, 3.05) is 31.1 Å². The van der Waals surface area contributed by atoms with Crippen LogP contribution in [-0.2, 0) is 5.54 Å². The van der Waals surface area contributed by atoms with E-state index in [-0.39, 0.29) is 0 Å². The van der Waals surface area contributed by atoms with Crippen LogP contribution < -0.4 is 10.6 Å². The average molecular weight is 355 g/mol. The third kappa shape index (κ3) is 3.35. The molecule has 2 heterocycles. The molecule has 2 N–H and O–H groups in total. The minimum Gasteiger partial charge on any atom is -0.369 e. The lowest BCUT2D eigenvalue weighted by Crippen LogP contribution is -2.48. The highest BCUT2D eigenvalue weighted by Gasteiger charge is 2.36. The summed E-state index contributed by atoms with van der Waals surface area (Å²) in [5, 5.41) is 4.16. The molecule has 0 spiro atoms. The zero-order valence-electron chi connectivity index (χ0n) is 15.8. The van der Waals surface area contributed by atoms with Gasteiger partial charge in [-0.25, -0.2) is 0 Å². The molecule has 4 rings (SSSR count). The van der Waals surface area contributed by atoms with Crippen LogP contribution in [0.1, 0.15) is 45.4 Å². The van der Waals surface area contributed by atoms with Gasteiger partial charge < -0.3 is 15.2 Å². The molecule has 1 aliphatic heterocycles. The van der Waals surface area contributed by atoms with E-state index in [4.69, 9.17) is 10.3 Å². The van der Waals surface area contributed by atoms with Crippen molar-refractivity contribution in [1.29, 1.82) is 0 Å². The van der Waals surface area contributed by atoms with Gasteiger partial charge in [0.05, 0.1) is 5.54 Å². The zero-order chi connectivity index (χ0) is 18.1. The number of nitrogens with zero attached hydrogens (tertiary/aromatic N) is 4. The van der Waals surface area contributed by atoms with Gasteiger partial charge in [0.2, 0.25) is 0 Å². The van der Waals surface area contributed by atoms with E-state index >= 15 is 0 Å². The highest BCUT2D eigenvalue weighted by Crippen LogP contribution is 2.35. The lowest BCUT2D eigenvalue weighted by Gasteiger charge is -2.38. The second-order valence-electron chi connectivity index (χ2n) is 7.95. The van der Waals surface area contributed by atoms with Gasteiger partial charge in [0.25, 0.3) is 5.89 Å². The molecule has 2 aliphatic rings. The van der Waals surface area contributed by atoms with E-state index in [0.717, 1.165) is 57.4 Å². The number of aromatic nitrogens is 2. The first-order valence-corrected chi connectivity index (χ1v) is 9.78. The maximum atomic E-state index is 6.43. The molecule has 6 nitrogen and oxygen atoms in total. The molecule has 6 heteroatoms. The van der Waals surface area contributed by atoms with Crippen molar-refractivity contribution in [2.24, 2.45) is 5.73 Å². The summed E-state index contributed by atoms with van der Waals surface area (Å²) in [5.41, 5.74) is 8.23. The summed E-state index contributed by atoms with van der Waals surface area (Å²) in [6.45, 7) is 8.90. The number of hydrogen-bond acceptors (Lipinski definition) is 6. The number of hydrogen-bond donors (Lipinski definition) is 1. The zero-order valence-corrected chi connectivity index (χ0v) is 15.8. The van der Waals surface area contributed by atoms with Crippen molar-refractivity contribution in [3.05, 3.63) is 30.1 Å². The van der Waals surface area contributed by atoms with Gasteiger partial charge in [-0.2, -0.15) is 4.98 Å². The molecule has 1 aliphatic carbocycles. The number of anilines is 1. The van der Waals surface area contributed by atoms with E-state index in [9.17, 15) is 0 Å². The molecule has 1 aromatic carbocycles. The Hall–Kier alpha value is -1.92. The minimum absolute atomic E-state index is 0.405. The largest absolute Gasteiger partial charge is 0.369 e. The molecule has 0 amide bonds. The molecule has 0 radical (unpaired) electrons. The van der Waals surface area contributed by atoms with Crippen molar-refractivity contribution in [2.45, 2.75) is 51.1 Å². The van der Waals surface area contributed by atoms with Gasteiger partial charge in [0.1, 0.15) is 0 Å². The van der Waals surface area contributed by atoms with Crippen molar-refractivity contribution in [3.8, 4) is 11.5 Å². The Labute approximate surface area is 155 Å². The Morgan fingerprint density at radius 3 is 2.31 bits per heavy atom. The number of piperazine rings is 1. The van der Waals surface area contributed by atoms with E-state index in [0.29, 0.717) is 17.8 Å². The minimum atomic E-state index is -0.405. The van der Waals surface area contributed by atoms with E-state index in [1.165, 1.54) is 5.69 Å². The topological polar surface area (TPSA) is 71.4 Å². The smallest absolute Gasteiger partial charge is 0.257 e. The number of nitrogens with two attached hydrogens (primary N) is 1. The van der Waals surface area contributed by atoms with Gasteiger partial charge in [0, 0.05) is 43.5 Å². The predicted octanol–water partition coefficient (Wildman–Crippen LogP) is 3.00. The summed E-state index contributed by atoms with van der Waals surface area (Å²) in [6, 6.07) is 9.06. The molecule has 0 unspecified atom stereocenters. The maximum Gasteiger partial charge on any atom is 0.257 e. The van der Waals surface area contributed by atoms with Crippen LogP contribution >= 0.6 is 0 Å². The maximum absolute atomic E-state index is 6.43. The van der Waals surface area contributed by atoms with Gasteiger partial charge in [-0.1, -0.05) is 18.0 Å². The summed E-state index contributed by atoms with van der Waals surface area (Å²) in [6.07, 6.45) is 4.15. The van der Waals surface area contributed by atoms with Crippen LogP contribution in [0.25, 0.3) is 11.5 Å². The van der Waals surface area contributed by atoms with Crippen molar-refractivity contribution >= 4 is 5.69 Å². The van der Waals surface area contributed by atoms with E-state index < -0.39 is 5.54 Å². The molecule has 140 valence electrons. The molecule has 26 heavy (non-hydrogen) atoms. The van der Waals surface area contributed by atoms with Gasteiger partial charge in [0.15, 0.2) is 5.82 Å². The summed E-state index contributed by atoms with van der Waals surface area (Å²) in [4.78, 5) is 9.55. The summed E-state index contributed by atoms with van der Waals surface area (Å²) < 4.78 is 5.49. The Morgan fingerprint density at radius 2 is 1.69 bits per heavy atom. The monoisotopic (exact) mass is 355 g/mol. The molecular weight excluding hydrogens is 326 g/mol. The lowest BCUT2D eigenvalue weighted by molar-refractivity contribution is 0.209. The molecule has 2 fully saturated rings. The van der Waals surface area contributed by atoms with Crippen LogP contribution in [0.3, 0.4) is 0 Å². The Balaban J connectivity index is 1.44. The fourth-order valence-corrected chi connectivity index (χ4v) is 4.08. The summed E-state index contributed by atoms with van der Waals surface area (Å²) >= 11 is 0. The normalized spacial score (nSPS) is 20.8. The third-order valence-electron chi connectivity index (χ3n) is 5.89. The predicted molar refractivity (Wildman–Crippen MR) is 103 cm³/mol. The second-order valence-corrected chi connectivity index (χ2v) is 7.95. The molecule has 1 saturated heterocycles. The fourth-order valence-electron chi connectivity index (χ4n) is 4.08.